The number of benzene rings is 2. The van der Waals surface area contributed by atoms with E-state index >= 15 is 0 Å². The Labute approximate surface area is 185 Å². The summed E-state index contributed by atoms with van der Waals surface area (Å²) < 4.78 is 10.6. The lowest BCUT2D eigenvalue weighted by Gasteiger charge is -2.32. The zero-order chi connectivity index (χ0) is 22.3. The minimum Gasteiger partial charge on any atom is -0.496 e. The van der Waals surface area contributed by atoms with Gasteiger partial charge >= 0.3 is 11.9 Å². The number of methoxy groups -OCH3 is 1. The Morgan fingerprint density at radius 2 is 1.91 bits per heavy atom. The molecule has 1 saturated carbocycles. The van der Waals surface area contributed by atoms with Gasteiger partial charge in [-0.2, -0.15) is 0 Å². The van der Waals surface area contributed by atoms with E-state index in [1.54, 1.807) is 25.3 Å². The molecule has 2 aromatic carbocycles. The van der Waals surface area contributed by atoms with Crippen LogP contribution in [0.4, 0.5) is 0 Å². The number of carboxylic acids is 1. The van der Waals surface area contributed by atoms with Crippen LogP contribution in [0.3, 0.4) is 0 Å². The van der Waals surface area contributed by atoms with Gasteiger partial charge in [-0.05, 0) is 59.9 Å². The normalized spacial score (nSPS) is 19.0. The number of ether oxygens (including phenoxy) is 1. The third-order valence-electron chi connectivity index (χ3n) is 6.92. The number of aromatic nitrogens is 1. The molecular formula is C25H24N2O5. The molecule has 164 valence electrons. The van der Waals surface area contributed by atoms with Crippen molar-refractivity contribution >= 4 is 11.9 Å². The average molecular weight is 432 g/mol. The Morgan fingerprint density at radius 3 is 2.53 bits per heavy atom. The molecule has 1 spiro atoms. The van der Waals surface area contributed by atoms with Crippen LogP contribution >= 0.6 is 0 Å². The number of hydrogen-bond acceptors (Lipinski definition) is 5. The van der Waals surface area contributed by atoms with Gasteiger partial charge in [-0.1, -0.05) is 24.3 Å². The second-order valence-electron chi connectivity index (χ2n) is 8.59. The number of oxazole rings is 1. The molecule has 2 heterocycles. The van der Waals surface area contributed by atoms with E-state index in [-0.39, 0.29) is 22.8 Å². The van der Waals surface area contributed by atoms with Crippen LogP contribution in [-0.2, 0) is 0 Å². The SMILES string of the molecule is COc1ccc(C(=O)O)cc1-c1ccc([C@@H]2CC23CCN(C(=O)c2ncco2)CC3)cc1. The maximum atomic E-state index is 12.5. The van der Waals surface area contributed by atoms with Gasteiger partial charge in [-0.3, -0.25) is 4.79 Å². The molecule has 1 aliphatic carbocycles. The van der Waals surface area contributed by atoms with Crippen LogP contribution < -0.4 is 4.74 Å². The topological polar surface area (TPSA) is 92.9 Å². The number of hydrogen-bond donors (Lipinski definition) is 1. The molecule has 1 atom stereocenters. The molecule has 3 aromatic rings. The lowest BCUT2D eigenvalue weighted by Crippen LogP contribution is -2.39. The predicted molar refractivity (Wildman–Crippen MR) is 117 cm³/mol. The van der Waals surface area contributed by atoms with Gasteiger partial charge in [-0.25, -0.2) is 9.78 Å². The fourth-order valence-electron chi connectivity index (χ4n) is 4.95. The summed E-state index contributed by atoms with van der Waals surface area (Å²) in [6.07, 6.45) is 5.99. The van der Waals surface area contributed by atoms with Gasteiger partial charge in [0.2, 0.25) is 0 Å². The molecule has 1 N–H and O–H groups in total. The monoisotopic (exact) mass is 432 g/mol. The summed E-state index contributed by atoms with van der Waals surface area (Å²) >= 11 is 0. The summed E-state index contributed by atoms with van der Waals surface area (Å²) in [7, 11) is 1.58. The fourth-order valence-corrected chi connectivity index (χ4v) is 4.95. The number of carbonyl (C=O) groups excluding carboxylic acids is 1. The number of amides is 1. The van der Waals surface area contributed by atoms with Crippen molar-refractivity contribution in [2.24, 2.45) is 5.41 Å². The molecule has 7 nitrogen and oxygen atoms in total. The smallest absolute Gasteiger partial charge is 0.335 e. The molecule has 0 bridgehead atoms. The Morgan fingerprint density at radius 1 is 1.16 bits per heavy atom. The first-order valence-electron chi connectivity index (χ1n) is 10.7. The standard InChI is InChI=1S/C25H24N2O5/c1-31-21-7-6-18(24(29)30)14-19(21)16-2-4-17(5-3-16)20-15-25(20)8-11-27(12-9-25)23(28)22-26-10-13-32-22/h2-7,10,13-14,20H,8-9,11-12,15H2,1H3,(H,29,30)/t20-/m0/s1. The van der Waals surface area contributed by atoms with Crippen LogP contribution in [0, 0.1) is 5.41 Å². The average Bonchev–Trinajstić information content (AvgIpc) is 3.24. The van der Waals surface area contributed by atoms with Crippen LogP contribution in [0.25, 0.3) is 11.1 Å². The number of piperidine rings is 1. The zero-order valence-electron chi connectivity index (χ0n) is 17.8. The van der Waals surface area contributed by atoms with Crippen LogP contribution in [-0.4, -0.2) is 47.1 Å². The van der Waals surface area contributed by atoms with Gasteiger partial charge in [0.25, 0.3) is 5.89 Å². The molecule has 1 amide bonds. The molecule has 32 heavy (non-hydrogen) atoms. The number of aromatic carboxylic acids is 1. The summed E-state index contributed by atoms with van der Waals surface area (Å²) in [4.78, 5) is 29.6. The molecule has 2 aliphatic rings. The maximum absolute atomic E-state index is 12.5. The Hall–Kier alpha value is -3.61. The molecule has 7 heteroatoms. The van der Waals surface area contributed by atoms with Crippen molar-refractivity contribution in [2.45, 2.75) is 25.2 Å². The van der Waals surface area contributed by atoms with Gasteiger partial charge in [-0.15, -0.1) is 0 Å². The Balaban J connectivity index is 1.28. The van der Waals surface area contributed by atoms with Gasteiger partial charge in [0, 0.05) is 18.7 Å². The highest BCUT2D eigenvalue weighted by Crippen LogP contribution is 2.65. The third-order valence-corrected chi connectivity index (χ3v) is 6.92. The van der Waals surface area contributed by atoms with E-state index in [2.05, 4.69) is 17.1 Å². The van der Waals surface area contributed by atoms with E-state index < -0.39 is 5.97 Å². The van der Waals surface area contributed by atoms with E-state index in [9.17, 15) is 14.7 Å². The van der Waals surface area contributed by atoms with Crippen molar-refractivity contribution in [3.63, 3.8) is 0 Å². The third kappa shape index (κ3) is 3.53. The van der Waals surface area contributed by atoms with Crippen LogP contribution in [0.15, 0.2) is 59.3 Å². The Kier molecular flexibility index (Phi) is 4.96. The number of rotatable bonds is 5. The summed E-state index contributed by atoms with van der Waals surface area (Å²) in [6, 6.07) is 13.2. The first kappa shape index (κ1) is 20.3. The van der Waals surface area contributed by atoms with Crippen molar-refractivity contribution in [2.75, 3.05) is 20.2 Å². The van der Waals surface area contributed by atoms with E-state index in [1.807, 2.05) is 17.0 Å². The molecular weight excluding hydrogens is 408 g/mol. The van der Waals surface area contributed by atoms with Crippen LogP contribution in [0.1, 0.15) is 51.8 Å². The minimum absolute atomic E-state index is 0.135. The highest BCUT2D eigenvalue weighted by atomic mass is 16.5. The molecule has 1 aromatic heterocycles. The van der Waals surface area contributed by atoms with Gasteiger partial charge in [0.15, 0.2) is 0 Å². The largest absolute Gasteiger partial charge is 0.496 e. The van der Waals surface area contributed by atoms with Gasteiger partial charge in [0.1, 0.15) is 12.0 Å². The summed E-state index contributed by atoms with van der Waals surface area (Å²) in [6.45, 7) is 1.43. The molecule has 0 radical (unpaired) electrons. The number of nitrogens with zero attached hydrogens (tertiary/aromatic N) is 2. The fraction of sp³-hybridized carbons (Fsp3) is 0.320. The summed E-state index contributed by atoms with van der Waals surface area (Å²) in [5.41, 5.74) is 3.47. The van der Waals surface area contributed by atoms with Gasteiger partial charge in [0.05, 0.1) is 18.9 Å². The second kappa shape index (κ2) is 7.82. The van der Waals surface area contributed by atoms with Crippen molar-refractivity contribution in [3.05, 3.63) is 71.9 Å². The molecule has 1 saturated heterocycles. The highest BCUT2D eigenvalue weighted by molar-refractivity contribution is 5.90. The maximum Gasteiger partial charge on any atom is 0.335 e. The van der Waals surface area contributed by atoms with Crippen LogP contribution in [0.2, 0.25) is 0 Å². The van der Waals surface area contributed by atoms with E-state index in [0.29, 0.717) is 11.7 Å². The second-order valence-corrected chi connectivity index (χ2v) is 8.59. The number of carboxylic acid groups (broad SMARTS) is 1. The van der Waals surface area contributed by atoms with E-state index in [0.717, 1.165) is 43.5 Å². The zero-order valence-corrected chi connectivity index (χ0v) is 17.8. The minimum atomic E-state index is -0.960. The van der Waals surface area contributed by atoms with Crippen molar-refractivity contribution in [1.82, 2.24) is 9.88 Å². The predicted octanol–water partition coefficient (Wildman–Crippen LogP) is 4.46. The Bertz CT molecular complexity index is 1150. The van der Waals surface area contributed by atoms with E-state index in [1.165, 1.54) is 18.0 Å². The van der Waals surface area contributed by atoms with Crippen molar-refractivity contribution in [1.29, 1.82) is 0 Å². The molecule has 1 aliphatic heterocycles. The first-order valence-corrected chi connectivity index (χ1v) is 10.7. The summed E-state index contributed by atoms with van der Waals surface area (Å²) in [5.74, 6) is 0.199. The quantitative estimate of drug-likeness (QED) is 0.640. The van der Waals surface area contributed by atoms with Gasteiger partial charge < -0.3 is 19.2 Å². The lowest BCUT2D eigenvalue weighted by molar-refractivity contribution is 0.0633. The lowest BCUT2D eigenvalue weighted by atomic mass is 9.88. The molecule has 2 fully saturated rings. The van der Waals surface area contributed by atoms with Crippen molar-refractivity contribution < 1.29 is 23.8 Å². The number of carbonyl (C=O) groups is 2. The highest BCUT2D eigenvalue weighted by Gasteiger charge is 2.55. The molecule has 5 rings (SSSR count). The van der Waals surface area contributed by atoms with Crippen molar-refractivity contribution in [3.8, 4) is 16.9 Å². The first-order chi connectivity index (χ1) is 15.5. The van der Waals surface area contributed by atoms with E-state index in [4.69, 9.17) is 9.15 Å². The number of likely N-dealkylation sites (tertiary alicyclic amines) is 1. The van der Waals surface area contributed by atoms with Crippen LogP contribution in [0.5, 0.6) is 5.75 Å². The molecule has 0 unspecified atom stereocenters. The summed E-state index contributed by atoms with van der Waals surface area (Å²) in [5, 5.41) is 9.32.